The van der Waals surface area contributed by atoms with Gasteiger partial charge in [-0.2, -0.15) is 5.10 Å². The van der Waals surface area contributed by atoms with Crippen molar-refractivity contribution < 1.29 is 4.79 Å². The Morgan fingerprint density at radius 1 is 1.37 bits per heavy atom. The molecule has 0 radical (unpaired) electrons. The molecule has 100 valence electrons. The van der Waals surface area contributed by atoms with Crippen molar-refractivity contribution in [2.24, 2.45) is 0 Å². The predicted octanol–water partition coefficient (Wildman–Crippen LogP) is 1.40. The summed E-state index contributed by atoms with van der Waals surface area (Å²) in [5, 5.41) is 9.25. The molecule has 2 rings (SSSR count). The van der Waals surface area contributed by atoms with Gasteiger partial charge in [0.25, 0.3) is 5.91 Å². The molecule has 0 aliphatic rings. The number of amides is 1. The number of benzene rings is 1. The predicted molar refractivity (Wildman–Crippen MR) is 73.6 cm³/mol. The number of H-pyrrole nitrogens is 1. The maximum Gasteiger partial charge on any atom is 0.254 e. The lowest BCUT2D eigenvalue weighted by molar-refractivity contribution is 0.0951. The second-order valence-electron chi connectivity index (χ2n) is 4.73. The molecule has 1 aromatic carbocycles. The lowest BCUT2D eigenvalue weighted by Gasteiger charge is -2.11. The highest BCUT2D eigenvalue weighted by atomic mass is 16.1. The van der Waals surface area contributed by atoms with E-state index >= 15 is 0 Å². The lowest BCUT2D eigenvalue weighted by Crippen LogP contribution is -2.22. The highest BCUT2D eigenvalue weighted by Crippen LogP contribution is 2.07. The molecule has 2 N–H and O–H groups in total. The van der Waals surface area contributed by atoms with Crippen LogP contribution in [-0.4, -0.2) is 35.1 Å². The standard InChI is InChI=1S/C14H18N4O/c1-18(2)10-12-5-3-4-11(6-12)7-15-14(19)13-8-16-17-9-13/h3-6,8-9H,7,10H2,1-2H3,(H,15,19)(H,16,17). The van der Waals surface area contributed by atoms with Crippen molar-refractivity contribution in [3.05, 3.63) is 53.3 Å². The first-order valence-corrected chi connectivity index (χ1v) is 6.14. The molecule has 0 bridgehead atoms. The Bertz CT molecular complexity index is 534. The summed E-state index contributed by atoms with van der Waals surface area (Å²) in [6, 6.07) is 8.21. The van der Waals surface area contributed by atoms with Crippen LogP contribution >= 0.6 is 0 Å². The Morgan fingerprint density at radius 2 is 2.16 bits per heavy atom. The third kappa shape index (κ3) is 3.93. The lowest BCUT2D eigenvalue weighted by atomic mass is 10.1. The smallest absolute Gasteiger partial charge is 0.254 e. The molecule has 5 heteroatoms. The van der Waals surface area contributed by atoms with E-state index in [4.69, 9.17) is 0 Å². The van der Waals surface area contributed by atoms with Crippen LogP contribution in [0.4, 0.5) is 0 Å². The number of nitrogens with one attached hydrogen (secondary N) is 2. The van der Waals surface area contributed by atoms with Gasteiger partial charge in [0.05, 0.1) is 11.8 Å². The molecule has 2 aromatic rings. The zero-order chi connectivity index (χ0) is 13.7. The maximum absolute atomic E-state index is 11.8. The molecular weight excluding hydrogens is 240 g/mol. The summed E-state index contributed by atoms with van der Waals surface area (Å²) in [6.07, 6.45) is 3.09. The number of carbonyl (C=O) groups is 1. The number of rotatable bonds is 5. The molecule has 0 spiro atoms. The van der Waals surface area contributed by atoms with Crippen molar-refractivity contribution >= 4 is 5.91 Å². The molecule has 1 aromatic heterocycles. The van der Waals surface area contributed by atoms with Gasteiger partial charge in [-0.3, -0.25) is 9.89 Å². The van der Waals surface area contributed by atoms with Gasteiger partial charge >= 0.3 is 0 Å². The average Bonchev–Trinajstić information content (AvgIpc) is 2.89. The highest BCUT2D eigenvalue weighted by molar-refractivity contribution is 5.93. The van der Waals surface area contributed by atoms with Gasteiger partial charge in [-0.25, -0.2) is 0 Å². The molecule has 0 aliphatic heterocycles. The van der Waals surface area contributed by atoms with Crippen LogP contribution in [-0.2, 0) is 13.1 Å². The molecular formula is C14H18N4O. The zero-order valence-corrected chi connectivity index (χ0v) is 11.2. The minimum Gasteiger partial charge on any atom is -0.348 e. The van der Waals surface area contributed by atoms with Gasteiger partial charge < -0.3 is 10.2 Å². The summed E-state index contributed by atoms with van der Waals surface area (Å²) in [6.45, 7) is 1.41. The summed E-state index contributed by atoms with van der Waals surface area (Å²) in [5.74, 6) is -0.119. The minimum absolute atomic E-state index is 0.119. The molecule has 19 heavy (non-hydrogen) atoms. The van der Waals surface area contributed by atoms with E-state index in [2.05, 4.69) is 32.5 Å². The summed E-state index contributed by atoms with van der Waals surface area (Å²) >= 11 is 0. The van der Waals surface area contributed by atoms with Crippen molar-refractivity contribution in [3.63, 3.8) is 0 Å². The van der Waals surface area contributed by atoms with Crippen LogP contribution in [0.3, 0.4) is 0 Å². The fraction of sp³-hybridized carbons (Fsp3) is 0.286. The number of nitrogens with zero attached hydrogens (tertiary/aromatic N) is 2. The van der Waals surface area contributed by atoms with E-state index in [0.717, 1.165) is 12.1 Å². The fourth-order valence-corrected chi connectivity index (χ4v) is 1.86. The van der Waals surface area contributed by atoms with Crippen molar-refractivity contribution in [1.29, 1.82) is 0 Å². The third-order valence-corrected chi connectivity index (χ3v) is 2.70. The van der Waals surface area contributed by atoms with E-state index < -0.39 is 0 Å². The van der Waals surface area contributed by atoms with Crippen molar-refractivity contribution in [3.8, 4) is 0 Å². The Kier molecular flexibility index (Phi) is 4.30. The quantitative estimate of drug-likeness (QED) is 0.852. The number of aromatic amines is 1. The molecule has 5 nitrogen and oxygen atoms in total. The van der Waals surface area contributed by atoms with E-state index in [0.29, 0.717) is 12.1 Å². The number of hydrogen-bond donors (Lipinski definition) is 2. The first-order valence-electron chi connectivity index (χ1n) is 6.14. The Balaban J connectivity index is 1.94. The molecule has 1 amide bonds. The van der Waals surface area contributed by atoms with Crippen LogP contribution < -0.4 is 5.32 Å². The largest absolute Gasteiger partial charge is 0.348 e. The fourth-order valence-electron chi connectivity index (χ4n) is 1.86. The molecule has 1 heterocycles. The molecule has 0 aliphatic carbocycles. The second-order valence-corrected chi connectivity index (χ2v) is 4.73. The van der Waals surface area contributed by atoms with E-state index in [-0.39, 0.29) is 5.91 Å². The van der Waals surface area contributed by atoms with E-state index in [1.807, 2.05) is 26.2 Å². The van der Waals surface area contributed by atoms with E-state index in [1.165, 1.54) is 11.8 Å². The molecule has 0 saturated heterocycles. The van der Waals surface area contributed by atoms with Crippen LogP contribution in [0, 0.1) is 0 Å². The summed E-state index contributed by atoms with van der Waals surface area (Å²) < 4.78 is 0. The van der Waals surface area contributed by atoms with Crippen LogP contribution in [0.2, 0.25) is 0 Å². The molecule has 0 atom stereocenters. The van der Waals surface area contributed by atoms with Crippen molar-refractivity contribution in [2.75, 3.05) is 14.1 Å². The van der Waals surface area contributed by atoms with E-state index in [1.54, 1.807) is 6.20 Å². The number of aromatic nitrogens is 2. The van der Waals surface area contributed by atoms with Gasteiger partial charge in [0.2, 0.25) is 0 Å². The maximum atomic E-state index is 11.8. The van der Waals surface area contributed by atoms with Gasteiger partial charge in [0.1, 0.15) is 0 Å². The first-order chi connectivity index (χ1) is 9.15. The summed E-state index contributed by atoms with van der Waals surface area (Å²) in [7, 11) is 4.07. The first kappa shape index (κ1) is 13.3. The Hall–Kier alpha value is -2.14. The summed E-state index contributed by atoms with van der Waals surface area (Å²) in [4.78, 5) is 13.9. The topological polar surface area (TPSA) is 61.0 Å². The SMILES string of the molecule is CN(C)Cc1cccc(CNC(=O)c2cn[nH]c2)c1. The van der Waals surface area contributed by atoms with Gasteiger partial charge in [-0.15, -0.1) is 0 Å². The Labute approximate surface area is 112 Å². The Morgan fingerprint density at radius 3 is 2.84 bits per heavy atom. The highest BCUT2D eigenvalue weighted by Gasteiger charge is 2.06. The van der Waals surface area contributed by atoms with Crippen LogP contribution in [0.25, 0.3) is 0 Å². The molecule has 0 saturated carbocycles. The van der Waals surface area contributed by atoms with Gasteiger partial charge in [-0.05, 0) is 25.2 Å². The monoisotopic (exact) mass is 258 g/mol. The average molecular weight is 258 g/mol. The zero-order valence-electron chi connectivity index (χ0n) is 11.2. The van der Waals surface area contributed by atoms with Gasteiger partial charge in [-0.1, -0.05) is 24.3 Å². The van der Waals surface area contributed by atoms with Crippen molar-refractivity contribution in [1.82, 2.24) is 20.4 Å². The minimum atomic E-state index is -0.119. The third-order valence-electron chi connectivity index (χ3n) is 2.70. The van der Waals surface area contributed by atoms with Gasteiger partial charge in [0.15, 0.2) is 0 Å². The van der Waals surface area contributed by atoms with Crippen molar-refractivity contribution in [2.45, 2.75) is 13.1 Å². The molecule has 0 unspecified atom stereocenters. The van der Waals surface area contributed by atoms with Crippen LogP contribution in [0.1, 0.15) is 21.5 Å². The van der Waals surface area contributed by atoms with E-state index in [9.17, 15) is 4.79 Å². The second kappa shape index (κ2) is 6.15. The summed E-state index contributed by atoms with van der Waals surface area (Å²) in [5.41, 5.74) is 2.88. The van der Waals surface area contributed by atoms with Crippen LogP contribution in [0.5, 0.6) is 0 Å². The number of hydrogen-bond acceptors (Lipinski definition) is 3. The van der Waals surface area contributed by atoms with Crippen LogP contribution in [0.15, 0.2) is 36.7 Å². The molecule has 0 fully saturated rings. The number of carbonyl (C=O) groups excluding carboxylic acids is 1. The van der Waals surface area contributed by atoms with Gasteiger partial charge in [0, 0.05) is 19.3 Å². The normalized spacial score (nSPS) is 10.7.